The highest BCUT2D eigenvalue weighted by Gasteiger charge is 2.21. The van der Waals surface area contributed by atoms with Crippen molar-refractivity contribution in [3.63, 3.8) is 0 Å². The van der Waals surface area contributed by atoms with E-state index in [-0.39, 0.29) is 11.4 Å². The van der Waals surface area contributed by atoms with Crippen LogP contribution in [-0.4, -0.2) is 24.0 Å². The van der Waals surface area contributed by atoms with Gasteiger partial charge in [0.25, 0.3) is 0 Å². The molecular weight excluding hydrogens is 224 g/mol. The van der Waals surface area contributed by atoms with Crippen molar-refractivity contribution in [3.8, 4) is 0 Å². The molecule has 0 atom stereocenters. The van der Waals surface area contributed by atoms with Crippen LogP contribution in [0.5, 0.6) is 0 Å². The van der Waals surface area contributed by atoms with Crippen molar-refractivity contribution in [3.05, 3.63) is 0 Å². The standard InChI is InChI=1S/C15H30N2O/c1-5-12-6-8-13(9-7-12)17-14(18)10-11-16-15(2,3)4/h12-13,16H,5-11H2,1-4H3,(H,17,18). The molecule has 1 rings (SSSR count). The second-order valence-electron chi connectivity index (χ2n) is 6.62. The fourth-order valence-corrected chi connectivity index (χ4v) is 2.57. The van der Waals surface area contributed by atoms with Crippen LogP contribution >= 0.6 is 0 Å². The van der Waals surface area contributed by atoms with Gasteiger partial charge in [-0.05, 0) is 52.4 Å². The normalized spacial score (nSPS) is 24.9. The maximum Gasteiger partial charge on any atom is 0.221 e. The predicted octanol–water partition coefficient (Wildman–Crippen LogP) is 2.85. The summed E-state index contributed by atoms with van der Waals surface area (Å²) in [5, 5.41) is 6.52. The minimum absolute atomic E-state index is 0.0967. The summed E-state index contributed by atoms with van der Waals surface area (Å²) < 4.78 is 0. The third kappa shape index (κ3) is 6.39. The predicted molar refractivity (Wildman–Crippen MR) is 76.6 cm³/mol. The van der Waals surface area contributed by atoms with E-state index in [4.69, 9.17) is 0 Å². The molecule has 18 heavy (non-hydrogen) atoms. The van der Waals surface area contributed by atoms with Gasteiger partial charge in [-0.3, -0.25) is 4.79 Å². The number of amides is 1. The van der Waals surface area contributed by atoms with Crippen LogP contribution in [0, 0.1) is 5.92 Å². The highest BCUT2D eigenvalue weighted by Crippen LogP contribution is 2.26. The number of carbonyl (C=O) groups is 1. The first-order valence-corrected chi connectivity index (χ1v) is 7.45. The highest BCUT2D eigenvalue weighted by atomic mass is 16.1. The van der Waals surface area contributed by atoms with Crippen molar-refractivity contribution in [1.29, 1.82) is 0 Å². The zero-order valence-corrected chi connectivity index (χ0v) is 12.5. The third-order valence-corrected chi connectivity index (χ3v) is 3.80. The van der Waals surface area contributed by atoms with Gasteiger partial charge in [-0.15, -0.1) is 0 Å². The van der Waals surface area contributed by atoms with Crippen LogP contribution in [0.4, 0.5) is 0 Å². The van der Waals surface area contributed by atoms with Crippen molar-refractivity contribution < 1.29 is 4.79 Å². The van der Waals surface area contributed by atoms with Crippen LogP contribution in [0.2, 0.25) is 0 Å². The Labute approximate surface area is 112 Å². The van der Waals surface area contributed by atoms with Crippen molar-refractivity contribution in [1.82, 2.24) is 10.6 Å². The van der Waals surface area contributed by atoms with Crippen molar-refractivity contribution in [2.75, 3.05) is 6.54 Å². The molecule has 3 nitrogen and oxygen atoms in total. The molecule has 0 aromatic rings. The Morgan fingerprint density at radius 3 is 2.28 bits per heavy atom. The molecule has 3 heteroatoms. The van der Waals surface area contributed by atoms with E-state index in [1.807, 2.05) is 0 Å². The van der Waals surface area contributed by atoms with Gasteiger partial charge >= 0.3 is 0 Å². The number of hydrogen-bond donors (Lipinski definition) is 2. The van der Waals surface area contributed by atoms with Gasteiger partial charge < -0.3 is 10.6 Å². The van der Waals surface area contributed by atoms with Crippen molar-refractivity contribution in [2.24, 2.45) is 5.92 Å². The second-order valence-corrected chi connectivity index (χ2v) is 6.62. The third-order valence-electron chi connectivity index (χ3n) is 3.80. The van der Waals surface area contributed by atoms with Crippen LogP contribution in [-0.2, 0) is 4.79 Å². The molecule has 1 saturated carbocycles. The topological polar surface area (TPSA) is 41.1 Å². The Morgan fingerprint density at radius 1 is 1.17 bits per heavy atom. The lowest BCUT2D eigenvalue weighted by Gasteiger charge is -2.28. The van der Waals surface area contributed by atoms with E-state index in [2.05, 4.69) is 38.3 Å². The molecule has 0 spiro atoms. The average Bonchev–Trinajstić information content (AvgIpc) is 2.28. The van der Waals surface area contributed by atoms with Gasteiger partial charge in [0, 0.05) is 24.5 Å². The van der Waals surface area contributed by atoms with E-state index >= 15 is 0 Å². The quantitative estimate of drug-likeness (QED) is 0.792. The second kappa shape index (κ2) is 7.13. The Kier molecular flexibility index (Phi) is 6.13. The van der Waals surface area contributed by atoms with Gasteiger partial charge in [0.05, 0.1) is 0 Å². The van der Waals surface area contributed by atoms with Crippen LogP contribution in [0.15, 0.2) is 0 Å². The molecule has 0 aliphatic heterocycles. The molecule has 0 bridgehead atoms. The molecule has 0 saturated heterocycles. The Bertz CT molecular complexity index is 250. The molecule has 0 radical (unpaired) electrons. The number of carbonyl (C=O) groups excluding carboxylic acids is 1. The van der Waals surface area contributed by atoms with E-state index in [1.165, 1.54) is 19.3 Å². The maximum absolute atomic E-state index is 11.8. The number of rotatable bonds is 5. The Balaban J connectivity index is 2.13. The van der Waals surface area contributed by atoms with E-state index in [1.54, 1.807) is 0 Å². The van der Waals surface area contributed by atoms with Gasteiger partial charge in [-0.1, -0.05) is 13.3 Å². The Morgan fingerprint density at radius 2 is 1.78 bits per heavy atom. The first kappa shape index (κ1) is 15.5. The van der Waals surface area contributed by atoms with E-state index in [0.29, 0.717) is 12.5 Å². The van der Waals surface area contributed by atoms with Gasteiger partial charge in [0.2, 0.25) is 5.91 Å². The zero-order chi connectivity index (χ0) is 13.6. The molecular formula is C15H30N2O. The molecule has 0 aromatic carbocycles. The summed E-state index contributed by atoms with van der Waals surface area (Å²) in [5.74, 6) is 1.09. The van der Waals surface area contributed by atoms with E-state index in [9.17, 15) is 4.79 Å². The van der Waals surface area contributed by atoms with Gasteiger partial charge in [0.1, 0.15) is 0 Å². The van der Waals surface area contributed by atoms with Crippen molar-refractivity contribution >= 4 is 5.91 Å². The maximum atomic E-state index is 11.8. The molecule has 1 fully saturated rings. The monoisotopic (exact) mass is 254 g/mol. The van der Waals surface area contributed by atoms with Crippen molar-refractivity contribution in [2.45, 2.75) is 77.8 Å². The average molecular weight is 254 g/mol. The lowest BCUT2D eigenvalue weighted by atomic mass is 9.84. The molecule has 1 amide bonds. The van der Waals surface area contributed by atoms with Gasteiger partial charge in [-0.2, -0.15) is 0 Å². The fraction of sp³-hybridized carbons (Fsp3) is 0.933. The largest absolute Gasteiger partial charge is 0.353 e. The fourth-order valence-electron chi connectivity index (χ4n) is 2.57. The smallest absolute Gasteiger partial charge is 0.221 e. The van der Waals surface area contributed by atoms with Gasteiger partial charge in [-0.25, -0.2) is 0 Å². The Hall–Kier alpha value is -0.570. The molecule has 1 aliphatic rings. The zero-order valence-electron chi connectivity index (χ0n) is 12.5. The summed E-state index contributed by atoms with van der Waals surface area (Å²) in [6.45, 7) is 9.40. The minimum Gasteiger partial charge on any atom is -0.353 e. The lowest BCUT2D eigenvalue weighted by Crippen LogP contribution is -2.41. The summed E-state index contributed by atoms with van der Waals surface area (Å²) in [6, 6.07) is 0.426. The van der Waals surface area contributed by atoms with Crippen LogP contribution in [0.25, 0.3) is 0 Å². The number of hydrogen-bond acceptors (Lipinski definition) is 2. The summed E-state index contributed by atoms with van der Waals surface area (Å²) in [5.41, 5.74) is 0.0967. The SMILES string of the molecule is CCC1CCC(NC(=O)CCNC(C)(C)C)CC1. The van der Waals surface area contributed by atoms with Crippen LogP contribution in [0.1, 0.15) is 66.2 Å². The first-order chi connectivity index (χ1) is 8.40. The lowest BCUT2D eigenvalue weighted by molar-refractivity contribution is -0.122. The molecule has 2 N–H and O–H groups in total. The molecule has 0 heterocycles. The minimum atomic E-state index is 0.0967. The summed E-state index contributed by atoms with van der Waals surface area (Å²) in [6.07, 6.45) is 6.76. The molecule has 106 valence electrons. The van der Waals surface area contributed by atoms with Crippen LogP contribution < -0.4 is 10.6 Å². The highest BCUT2D eigenvalue weighted by molar-refractivity contribution is 5.76. The summed E-state index contributed by atoms with van der Waals surface area (Å²) in [7, 11) is 0. The molecule has 1 aliphatic carbocycles. The first-order valence-electron chi connectivity index (χ1n) is 7.45. The summed E-state index contributed by atoms with van der Waals surface area (Å²) in [4.78, 5) is 11.8. The van der Waals surface area contributed by atoms with Gasteiger partial charge in [0.15, 0.2) is 0 Å². The van der Waals surface area contributed by atoms with E-state index < -0.39 is 0 Å². The number of nitrogens with one attached hydrogen (secondary N) is 2. The van der Waals surface area contributed by atoms with Crippen LogP contribution in [0.3, 0.4) is 0 Å². The van der Waals surface area contributed by atoms with E-state index in [0.717, 1.165) is 25.3 Å². The summed E-state index contributed by atoms with van der Waals surface area (Å²) >= 11 is 0. The molecule has 0 unspecified atom stereocenters. The molecule has 0 aromatic heterocycles.